The molecule has 4 aromatic rings. The lowest BCUT2D eigenvalue weighted by Gasteiger charge is -2.27. The van der Waals surface area contributed by atoms with Gasteiger partial charge in [-0.1, -0.05) is 42.5 Å². The molecule has 1 aliphatic rings. The van der Waals surface area contributed by atoms with Crippen molar-refractivity contribution in [2.75, 3.05) is 13.2 Å². The van der Waals surface area contributed by atoms with Crippen LogP contribution in [0.25, 0.3) is 16.5 Å². The number of fused-ring (bicyclic) bond motifs is 1. The van der Waals surface area contributed by atoms with E-state index in [9.17, 15) is 4.79 Å². The Morgan fingerprint density at radius 1 is 1.09 bits per heavy atom. The molecule has 1 fully saturated rings. The second-order valence-corrected chi connectivity index (χ2v) is 9.11. The van der Waals surface area contributed by atoms with Gasteiger partial charge in [-0.05, 0) is 68.2 Å². The Balaban J connectivity index is 1.65. The minimum Gasteiger partial charge on any atom is -0.465 e. The van der Waals surface area contributed by atoms with Crippen LogP contribution >= 0.6 is 12.2 Å². The summed E-state index contributed by atoms with van der Waals surface area (Å²) in [6, 6.07) is 22.4. The highest BCUT2D eigenvalue weighted by molar-refractivity contribution is 7.80. The summed E-state index contributed by atoms with van der Waals surface area (Å²) in [7, 11) is 0. The minimum absolute atomic E-state index is 0.0750. The molecule has 1 aliphatic heterocycles. The van der Waals surface area contributed by atoms with Gasteiger partial charge >= 0.3 is 5.97 Å². The summed E-state index contributed by atoms with van der Waals surface area (Å²) in [5, 5.41) is 6.32. The molecule has 6 nitrogen and oxygen atoms in total. The Hall–Kier alpha value is -3.71. The van der Waals surface area contributed by atoms with Crippen LogP contribution in [-0.2, 0) is 9.53 Å². The van der Waals surface area contributed by atoms with E-state index in [4.69, 9.17) is 17.0 Å². The molecule has 7 heteroatoms. The van der Waals surface area contributed by atoms with E-state index >= 15 is 0 Å². The first-order valence-corrected chi connectivity index (χ1v) is 12.2. The lowest BCUT2D eigenvalue weighted by molar-refractivity contribution is -0.143. The molecule has 1 N–H and O–H groups in total. The fourth-order valence-corrected chi connectivity index (χ4v) is 5.43. The maximum Gasteiger partial charge on any atom is 0.325 e. The number of benzene rings is 2. The maximum absolute atomic E-state index is 12.5. The summed E-state index contributed by atoms with van der Waals surface area (Å²) >= 11 is 5.71. The van der Waals surface area contributed by atoms with Crippen molar-refractivity contribution >= 4 is 34.1 Å². The van der Waals surface area contributed by atoms with Gasteiger partial charge in [0.1, 0.15) is 6.54 Å². The number of pyridine rings is 1. The first-order valence-electron chi connectivity index (χ1n) is 11.8. The van der Waals surface area contributed by atoms with Crippen molar-refractivity contribution in [2.24, 2.45) is 0 Å². The summed E-state index contributed by atoms with van der Waals surface area (Å²) in [6.07, 6.45) is 1.78. The van der Waals surface area contributed by atoms with Crippen LogP contribution < -0.4 is 5.32 Å². The van der Waals surface area contributed by atoms with Crippen molar-refractivity contribution in [3.8, 4) is 5.69 Å². The highest BCUT2D eigenvalue weighted by Crippen LogP contribution is 2.41. The number of esters is 1. The van der Waals surface area contributed by atoms with Crippen molar-refractivity contribution in [3.63, 3.8) is 0 Å². The average molecular weight is 485 g/mol. The Bertz CT molecular complexity index is 1390. The third-order valence-electron chi connectivity index (χ3n) is 6.60. The van der Waals surface area contributed by atoms with Gasteiger partial charge in [-0.3, -0.25) is 9.78 Å². The van der Waals surface area contributed by atoms with Gasteiger partial charge in [0.05, 0.1) is 30.1 Å². The Morgan fingerprint density at radius 2 is 1.86 bits per heavy atom. The second-order valence-electron chi connectivity index (χ2n) is 8.72. The monoisotopic (exact) mass is 484 g/mol. The summed E-state index contributed by atoms with van der Waals surface area (Å²) < 4.78 is 7.55. The standard InChI is InChI=1S/C28H28N4O2S/c1-4-34-25(33)17-31-27(26(30-28(31)35)23-13-7-8-15-29-23)22-16-18(2)32(19(22)3)24-14-9-11-20-10-5-6-12-21(20)24/h5-16,26-27H,4,17H2,1-3H3,(H,30,35)/t26-,27+/m0/s1. The fraction of sp³-hybridized carbons (Fsp3) is 0.250. The first kappa shape index (κ1) is 23.1. The van der Waals surface area contributed by atoms with Crippen LogP contribution in [0.2, 0.25) is 0 Å². The molecule has 2 aromatic heterocycles. The van der Waals surface area contributed by atoms with Gasteiger partial charge in [0.15, 0.2) is 5.11 Å². The Morgan fingerprint density at radius 3 is 2.63 bits per heavy atom. The highest BCUT2D eigenvalue weighted by Gasteiger charge is 2.42. The summed E-state index contributed by atoms with van der Waals surface area (Å²) in [4.78, 5) is 19.1. The summed E-state index contributed by atoms with van der Waals surface area (Å²) in [6.45, 7) is 6.46. The molecule has 0 amide bonds. The fourth-order valence-electron chi connectivity index (χ4n) is 5.12. The van der Waals surface area contributed by atoms with Gasteiger partial charge in [-0.25, -0.2) is 0 Å². The molecule has 2 aromatic carbocycles. The van der Waals surface area contributed by atoms with Crippen molar-refractivity contribution in [3.05, 3.63) is 95.6 Å². The number of aromatic nitrogens is 2. The van der Waals surface area contributed by atoms with Gasteiger partial charge in [0.25, 0.3) is 0 Å². The van der Waals surface area contributed by atoms with Gasteiger partial charge in [-0.2, -0.15) is 0 Å². The molecule has 35 heavy (non-hydrogen) atoms. The van der Waals surface area contributed by atoms with Crippen molar-refractivity contribution in [2.45, 2.75) is 32.9 Å². The molecule has 0 bridgehead atoms. The molecule has 2 atom stereocenters. The zero-order valence-corrected chi connectivity index (χ0v) is 20.9. The molecule has 0 aliphatic carbocycles. The third kappa shape index (κ3) is 4.17. The van der Waals surface area contributed by atoms with Crippen LogP contribution in [0.5, 0.6) is 0 Å². The molecule has 0 radical (unpaired) electrons. The number of hydrogen-bond acceptors (Lipinski definition) is 4. The van der Waals surface area contributed by atoms with Crippen molar-refractivity contribution in [1.82, 2.24) is 19.8 Å². The van der Waals surface area contributed by atoms with E-state index in [1.54, 1.807) is 6.20 Å². The molecule has 3 heterocycles. The van der Waals surface area contributed by atoms with Gasteiger partial charge in [-0.15, -0.1) is 0 Å². The molecular formula is C28H28N4O2S. The smallest absolute Gasteiger partial charge is 0.325 e. The van der Waals surface area contributed by atoms with Crippen molar-refractivity contribution in [1.29, 1.82) is 0 Å². The minimum atomic E-state index is -0.300. The summed E-state index contributed by atoms with van der Waals surface area (Å²) in [5.74, 6) is -0.300. The number of thiocarbonyl (C=S) groups is 1. The van der Waals surface area contributed by atoms with E-state index in [1.807, 2.05) is 30.0 Å². The SMILES string of the molecule is CCOC(=O)CN1C(=S)N[C@@H](c2ccccn2)[C@H]1c1cc(C)n(-c2cccc3ccccc23)c1C. The second kappa shape index (κ2) is 9.50. The zero-order valence-electron chi connectivity index (χ0n) is 20.1. The average Bonchev–Trinajstić information content (AvgIpc) is 3.34. The molecule has 178 valence electrons. The molecule has 1 saturated heterocycles. The lowest BCUT2D eigenvalue weighted by atomic mass is 9.96. The number of nitrogens with zero attached hydrogens (tertiary/aromatic N) is 3. The van der Waals surface area contributed by atoms with Crippen LogP contribution in [0, 0.1) is 13.8 Å². The number of rotatable bonds is 6. The predicted octanol–water partition coefficient (Wildman–Crippen LogP) is 5.18. The number of aryl methyl sites for hydroxylation is 1. The molecule has 0 saturated carbocycles. The van der Waals surface area contributed by atoms with E-state index in [0.29, 0.717) is 11.7 Å². The normalized spacial score (nSPS) is 17.6. The van der Waals surface area contributed by atoms with Gasteiger partial charge in [0, 0.05) is 23.0 Å². The third-order valence-corrected chi connectivity index (χ3v) is 6.95. The maximum atomic E-state index is 12.5. The van der Waals surface area contributed by atoms with Crippen LogP contribution in [-0.4, -0.2) is 38.7 Å². The van der Waals surface area contributed by atoms with E-state index in [1.165, 1.54) is 10.8 Å². The quantitative estimate of drug-likeness (QED) is 0.301. The first-order chi connectivity index (χ1) is 17.0. The van der Waals surface area contributed by atoms with Crippen LogP contribution in [0.4, 0.5) is 0 Å². The zero-order chi connectivity index (χ0) is 24.5. The van der Waals surface area contributed by atoms with Crippen LogP contribution in [0.15, 0.2) is 72.9 Å². The number of ether oxygens (including phenoxy) is 1. The topological polar surface area (TPSA) is 59.4 Å². The van der Waals surface area contributed by atoms with E-state index in [-0.39, 0.29) is 24.6 Å². The van der Waals surface area contributed by atoms with Gasteiger partial charge in [0.2, 0.25) is 0 Å². The Kier molecular flexibility index (Phi) is 6.26. The molecule has 5 rings (SSSR count). The molecular weight excluding hydrogens is 456 g/mol. The largest absolute Gasteiger partial charge is 0.465 e. The number of hydrogen-bond donors (Lipinski definition) is 1. The van der Waals surface area contributed by atoms with E-state index in [2.05, 4.69) is 77.2 Å². The highest BCUT2D eigenvalue weighted by atomic mass is 32.1. The van der Waals surface area contributed by atoms with E-state index < -0.39 is 0 Å². The number of carbonyl (C=O) groups is 1. The molecule has 0 unspecified atom stereocenters. The van der Waals surface area contributed by atoms with E-state index in [0.717, 1.165) is 28.3 Å². The number of carbonyl (C=O) groups excluding carboxylic acids is 1. The summed E-state index contributed by atoms with van der Waals surface area (Å²) in [5.41, 5.74) is 5.32. The molecule has 0 spiro atoms. The number of nitrogens with one attached hydrogen (secondary N) is 1. The van der Waals surface area contributed by atoms with Crippen LogP contribution in [0.1, 0.15) is 41.7 Å². The predicted molar refractivity (Wildman–Crippen MR) is 142 cm³/mol. The van der Waals surface area contributed by atoms with Gasteiger partial charge < -0.3 is 19.5 Å². The van der Waals surface area contributed by atoms with Crippen molar-refractivity contribution < 1.29 is 9.53 Å². The van der Waals surface area contributed by atoms with Crippen LogP contribution in [0.3, 0.4) is 0 Å². The lowest BCUT2D eigenvalue weighted by Crippen LogP contribution is -2.35. The Labute approximate surface area is 210 Å².